The van der Waals surface area contributed by atoms with Crippen LogP contribution in [0.2, 0.25) is 0 Å². The minimum atomic E-state index is -0.631. The number of nitrogens with zero attached hydrogens (tertiary/aromatic N) is 3. The highest BCUT2D eigenvalue weighted by Crippen LogP contribution is 2.50. The summed E-state index contributed by atoms with van der Waals surface area (Å²) >= 11 is 0. The first kappa shape index (κ1) is 20.6. The molecule has 1 atom stereocenters. The predicted molar refractivity (Wildman–Crippen MR) is 107 cm³/mol. The van der Waals surface area contributed by atoms with Crippen LogP contribution in [0.3, 0.4) is 0 Å². The van der Waals surface area contributed by atoms with E-state index in [-0.39, 0.29) is 5.78 Å². The standard InChI is InChI=1S/C21H26N4O4/c1-24(2)25-14-7-6-8-15(26)18(14)17(13(11-22)21(25)23)12-9-10-16(27-3)20(29-5)19(12)28-4/h9-10,17H,6-8,23H2,1-5H3/t17-/m1/s1. The molecule has 3 rings (SSSR count). The number of Topliss-reactive ketones (excluding diaryl/α,β-unsaturated/α-hetero) is 1. The minimum absolute atomic E-state index is 0.0141. The molecule has 0 fully saturated rings. The van der Waals surface area contributed by atoms with Crippen molar-refractivity contribution in [2.24, 2.45) is 5.73 Å². The number of allylic oxidation sites excluding steroid dienone is 3. The summed E-state index contributed by atoms with van der Waals surface area (Å²) in [6, 6.07) is 5.77. The van der Waals surface area contributed by atoms with Crippen molar-refractivity contribution in [1.29, 1.82) is 5.26 Å². The highest BCUT2D eigenvalue weighted by atomic mass is 16.5. The second-order valence-corrected chi connectivity index (χ2v) is 7.06. The second-order valence-electron chi connectivity index (χ2n) is 7.06. The Bertz CT molecular complexity index is 943. The summed E-state index contributed by atoms with van der Waals surface area (Å²) in [4.78, 5) is 13.1. The maximum absolute atomic E-state index is 13.1. The summed E-state index contributed by atoms with van der Waals surface area (Å²) in [5.41, 5.74) is 8.79. The van der Waals surface area contributed by atoms with Crippen LogP contribution in [0.15, 0.2) is 34.8 Å². The third-order valence-corrected chi connectivity index (χ3v) is 5.33. The Balaban J connectivity index is 2.34. The molecular formula is C21H26N4O4. The number of ketones is 1. The minimum Gasteiger partial charge on any atom is -0.493 e. The van der Waals surface area contributed by atoms with E-state index < -0.39 is 5.92 Å². The first-order chi connectivity index (χ1) is 13.9. The number of methoxy groups -OCH3 is 3. The molecule has 0 spiro atoms. The summed E-state index contributed by atoms with van der Waals surface area (Å²) in [6.45, 7) is 0. The van der Waals surface area contributed by atoms with E-state index in [1.807, 2.05) is 14.1 Å². The molecule has 0 saturated heterocycles. The van der Waals surface area contributed by atoms with Gasteiger partial charge in [0.05, 0.1) is 38.9 Å². The van der Waals surface area contributed by atoms with Gasteiger partial charge in [0.25, 0.3) is 0 Å². The summed E-state index contributed by atoms with van der Waals surface area (Å²) in [5, 5.41) is 13.5. The van der Waals surface area contributed by atoms with Gasteiger partial charge in [-0.1, -0.05) is 6.07 Å². The molecule has 1 heterocycles. The predicted octanol–water partition coefficient (Wildman–Crippen LogP) is 2.29. The van der Waals surface area contributed by atoms with Crippen LogP contribution in [0.1, 0.15) is 30.7 Å². The average Bonchev–Trinajstić information content (AvgIpc) is 2.71. The lowest BCUT2D eigenvalue weighted by Gasteiger charge is -2.42. The molecule has 0 unspecified atom stereocenters. The zero-order valence-electron chi connectivity index (χ0n) is 17.4. The number of carbonyl (C=O) groups is 1. The van der Waals surface area contributed by atoms with Gasteiger partial charge in [-0.15, -0.1) is 0 Å². The first-order valence-corrected chi connectivity index (χ1v) is 9.33. The maximum Gasteiger partial charge on any atom is 0.203 e. The maximum atomic E-state index is 13.1. The molecule has 0 amide bonds. The number of nitrogens with two attached hydrogens (primary N) is 1. The van der Waals surface area contributed by atoms with E-state index in [2.05, 4.69) is 6.07 Å². The molecule has 1 aromatic rings. The van der Waals surface area contributed by atoms with Gasteiger partial charge in [-0.05, 0) is 18.9 Å². The topological polar surface area (TPSA) is 101 Å². The van der Waals surface area contributed by atoms with Crippen LogP contribution in [-0.4, -0.2) is 51.2 Å². The fourth-order valence-electron chi connectivity index (χ4n) is 4.19. The van der Waals surface area contributed by atoms with Crippen molar-refractivity contribution in [2.75, 3.05) is 35.4 Å². The van der Waals surface area contributed by atoms with Gasteiger partial charge in [0.2, 0.25) is 5.75 Å². The normalized spacial score (nSPS) is 19.3. The Morgan fingerprint density at radius 1 is 1.14 bits per heavy atom. The molecule has 1 aliphatic carbocycles. The van der Waals surface area contributed by atoms with Crippen LogP contribution < -0.4 is 19.9 Å². The summed E-state index contributed by atoms with van der Waals surface area (Å²) in [6.07, 6.45) is 1.88. The van der Waals surface area contributed by atoms with Gasteiger partial charge in [-0.2, -0.15) is 5.26 Å². The second kappa shape index (κ2) is 8.05. The number of nitriles is 1. The first-order valence-electron chi connectivity index (χ1n) is 9.33. The molecule has 2 aliphatic rings. The molecular weight excluding hydrogens is 372 g/mol. The van der Waals surface area contributed by atoms with Gasteiger partial charge >= 0.3 is 0 Å². The Kier molecular flexibility index (Phi) is 5.71. The average molecular weight is 398 g/mol. The van der Waals surface area contributed by atoms with Crippen LogP contribution in [0.5, 0.6) is 17.2 Å². The quantitative estimate of drug-likeness (QED) is 0.806. The molecule has 0 aromatic heterocycles. The Hall–Kier alpha value is -3.18. The molecule has 0 radical (unpaired) electrons. The summed E-state index contributed by atoms with van der Waals surface area (Å²) < 4.78 is 16.5. The number of hydrogen-bond donors (Lipinski definition) is 1. The van der Waals surface area contributed by atoms with Gasteiger partial charge in [-0.3, -0.25) is 9.80 Å². The molecule has 29 heavy (non-hydrogen) atoms. The molecule has 2 N–H and O–H groups in total. The van der Waals surface area contributed by atoms with Crippen LogP contribution in [0, 0.1) is 11.3 Å². The number of carbonyl (C=O) groups excluding carboxylic acids is 1. The van der Waals surface area contributed by atoms with Gasteiger partial charge < -0.3 is 19.9 Å². The van der Waals surface area contributed by atoms with Crippen LogP contribution in [-0.2, 0) is 4.79 Å². The monoisotopic (exact) mass is 398 g/mol. The Labute approximate surface area is 170 Å². The number of ether oxygens (including phenoxy) is 3. The molecule has 154 valence electrons. The van der Waals surface area contributed by atoms with Crippen molar-refractivity contribution in [3.8, 4) is 23.3 Å². The number of hydrazine groups is 1. The van der Waals surface area contributed by atoms with E-state index in [1.165, 1.54) is 21.3 Å². The van der Waals surface area contributed by atoms with Crippen molar-refractivity contribution in [1.82, 2.24) is 10.0 Å². The smallest absolute Gasteiger partial charge is 0.203 e. The zero-order chi connectivity index (χ0) is 21.3. The lowest BCUT2D eigenvalue weighted by Crippen LogP contribution is -2.45. The summed E-state index contributed by atoms with van der Waals surface area (Å²) in [5.74, 6) is 1.02. The molecule has 1 aromatic carbocycles. The van der Waals surface area contributed by atoms with Crippen LogP contribution in [0.4, 0.5) is 0 Å². The molecule has 1 aliphatic heterocycles. The fraction of sp³-hybridized carbons (Fsp3) is 0.429. The fourth-order valence-corrected chi connectivity index (χ4v) is 4.19. The molecule has 8 heteroatoms. The third kappa shape index (κ3) is 3.17. The van der Waals surface area contributed by atoms with Gasteiger partial charge in [0.15, 0.2) is 17.3 Å². The Morgan fingerprint density at radius 2 is 1.83 bits per heavy atom. The summed E-state index contributed by atoms with van der Waals surface area (Å²) in [7, 11) is 8.25. The van der Waals surface area contributed by atoms with Crippen molar-refractivity contribution in [3.05, 3.63) is 40.4 Å². The lowest BCUT2D eigenvalue weighted by atomic mass is 9.75. The number of hydrogen-bond acceptors (Lipinski definition) is 8. The van der Waals surface area contributed by atoms with E-state index in [0.717, 1.165) is 12.1 Å². The van der Waals surface area contributed by atoms with Crippen molar-refractivity contribution >= 4 is 5.78 Å². The Morgan fingerprint density at radius 3 is 2.38 bits per heavy atom. The van der Waals surface area contributed by atoms with E-state index in [4.69, 9.17) is 19.9 Å². The SMILES string of the molecule is COc1ccc([C@@H]2C(C#N)=C(N)N(N(C)C)C3=C2C(=O)CCC3)c(OC)c1OC. The highest BCUT2D eigenvalue weighted by Gasteiger charge is 2.42. The van der Waals surface area contributed by atoms with E-state index in [0.29, 0.717) is 52.6 Å². The van der Waals surface area contributed by atoms with E-state index in [1.54, 1.807) is 22.2 Å². The van der Waals surface area contributed by atoms with E-state index >= 15 is 0 Å². The molecule has 0 saturated carbocycles. The van der Waals surface area contributed by atoms with Crippen LogP contribution >= 0.6 is 0 Å². The number of benzene rings is 1. The van der Waals surface area contributed by atoms with Crippen molar-refractivity contribution in [2.45, 2.75) is 25.2 Å². The van der Waals surface area contributed by atoms with Crippen LogP contribution in [0.25, 0.3) is 0 Å². The van der Waals surface area contributed by atoms with Crippen molar-refractivity contribution in [3.63, 3.8) is 0 Å². The largest absolute Gasteiger partial charge is 0.493 e. The highest BCUT2D eigenvalue weighted by molar-refractivity contribution is 6.00. The zero-order valence-corrected chi connectivity index (χ0v) is 17.4. The molecule has 8 nitrogen and oxygen atoms in total. The van der Waals surface area contributed by atoms with Gasteiger partial charge in [-0.25, -0.2) is 5.01 Å². The third-order valence-electron chi connectivity index (χ3n) is 5.33. The van der Waals surface area contributed by atoms with Gasteiger partial charge in [0.1, 0.15) is 5.82 Å². The molecule has 0 bridgehead atoms. The van der Waals surface area contributed by atoms with Crippen molar-refractivity contribution < 1.29 is 19.0 Å². The van der Waals surface area contributed by atoms with E-state index in [9.17, 15) is 10.1 Å². The van der Waals surface area contributed by atoms with Gasteiger partial charge in [0, 0.05) is 37.3 Å². The lowest BCUT2D eigenvalue weighted by molar-refractivity contribution is -0.116. The number of rotatable bonds is 5.